The van der Waals surface area contributed by atoms with Gasteiger partial charge >= 0.3 is 6.03 Å². The number of nitrogens with two attached hydrogens (primary N) is 1. The van der Waals surface area contributed by atoms with Gasteiger partial charge in [-0.15, -0.1) is 11.3 Å². The summed E-state index contributed by atoms with van der Waals surface area (Å²) < 4.78 is 5.11. The fourth-order valence-corrected chi connectivity index (χ4v) is 4.66. The summed E-state index contributed by atoms with van der Waals surface area (Å²) in [5.74, 6) is -0.840. The highest BCUT2D eigenvalue weighted by molar-refractivity contribution is 7.09. The van der Waals surface area contributed by atoms with Crippen LogP contribution in [0.4, 0.5) is 10.5 Å². The Labute approximate surface area is 213 Å². The third-order valence-electron chi connectivity index (χ3n) is 5.63. The molecule has 1 aliphatic rings. The number of nitrogens with zero attached hydrogens (tertiary/aromatic N) is 1. The third kappa shape index (κ3) is 7.32. The topological polar surface area (TPSA) is 143 Å². The van der Waals surface area contributed by atoms with Crippen molar-refractivity contribution in [2.75, 3.05) is 19.0 Å². The number of hydrogen-bond acceptors (Lipinski definition) is 6. The maximum absolute atomic E-state index is 13.2. The standard InChI is InChI=1S/C25H31N5O5S/c1-15(2)11-22(31)30-14-17(28-25(34)27-16-6-8-18(35-3)9-7-16)12-21(30)24(33)29-20(23(26)32)13-19-5-4-10-36-19/h4-11,17,20-21H,12-14H2,1-3H3,(H2,26,32)(H,29,33)(H2,27,28,34). The number of primary amides is 1. The Hall–Kier alpha value is -3.86. The predicted molar refractivity (Wildman–Crippen MR) is 138 cm³/mol. The van der Waals surface area contributed by atoms with Crippen molar-refractivity contribution in [3.63, 3.8) is 0 Å². The van der Waals surface area contributed by atoms with E-state index in [0.29, 0.717) is 11.4 Å². The average molecular weight is 514 g/mol. The Morgan fingerprint density at radius 3 is 2.50 bits per heavy atom. The van der Waals surface area contributed by atoms with Crippen molar-refractivity contribution >= 4 is 40.8 Å². The van der Waals surface area contributed by atoms with Crippen LogP contribution >= 0.6 is 11.3 Å². The number of likely N-dealkylation sites (tertiary alicyclic amines) is 1. The molecule has 11 heteroatoms. The number of nitrogens with one attached hydrogen (secondary N) is 3. The van der Waals surface area contributed by atoms with Crippen LogP contribution in [0.25, 0.3) is 0 Å². The number of ether oxygens (including phenoxy) is 1. The van der Waals surface area contributed by atoms with Gasteiger partial charge in [-0.2, -0.15) is 0 Å². The predicted octanol–water partition coefficient (Wildman–Crippen LogP) is 2.03. The lowest BCUT2D eigenvalue weighted by molar-refractivity contribution is -0.136. The summed E-state index contributed by atoms with van der Waals surface area (Å²) in [5.41, 5.74) is 6.88. The van der Waals surface area contributed by atoms with Crippen LogP contribution in [0.5, 0.6) is 5.75 Å². The van der Waals surface area contributed by atoms with E-state index in [9.17, 15) is 19.2 Å². The van der Waals surface area contributed by atoms with Gasteiger partial charge in [0.15, 0.2) is 0 Å². The van der Waals surface area contributed by atoms with Gasteiger partial charge in [-0.3, -0.25) is 14.4 Å². The molecule has 0 saturated carbocycles. The quantitative estimate of drug-likeness (QED) is 0.380. The van der Waals surface area contributed by atoms with Gasteiger partial charge in [0.05, 0.1) is 13.2 Å². The molecule has 0 bridgehead atoms. The number of allylic oxidation sites excluding steroid dienone is 1. The monoisotopic (exact) mass is 513 g/mol. The van der Waals surface area contributed by atoms with Crippen LogP contribution in [0.1, 0.15) is 25.1 Å². The lowest BCUT2D eigenvalue weighted by Gasteiger charge is -2.24. The zero-order valence-corrected chi connectivity index (χ0v) is 21.3. The number of rotatable bonds is 9. The Balaban J connectivity index is 1.69. The van der Waals surface area contributed by atoms with Crippen LogP contribution in [-0.2, 0) is 20.8 Å². The molecule has 3 unspecified atom stereocenters. The minimum Gasteiger partial charge on any atom is -0.497 e. The number of hydrogen-bond donors (Lipinski definition) is 4. The molecular weight excluding hydrogens is 482 g/mol. The summed E-state index contributed by atoms with van der Waals surface area (Å²) in [5, 5.41) is 10.1. The SMILES string of the molecule is COc1ccc(NC(=O)NC2CC(C(=O)NC(Cc3cccs3)C(N)=O)N(C(=O)C=C(C)C)C2)cc1. The van der Waals surface area contributed by atoms with E-state index in [1.165, 1.54) is 22.3 Å². The van der Waals surface area contributed by atoms with Crippen LogP contribution in [0.15, 0.2) is 53.4 Å². The van der Waals surface area contributed by atoms with Gasteiger partial charge in [0.25, 0.3) is 0 Å². The molecule has 192 valence electrons. The van der Waals surface area contributed by atoms with Crippen LogP contribution in [0.2, 0.25) is 0 Å². The fourth-order valence-electron chi connectivity index (χ4n) is 3.91. The van der Waals surface area contributed by atoms with Crippen LogP contribution < -0.4 is 26.4 Å². The van der Waals surface area contributed by atoms with E-state index in [1.807, 2.05) is 17.5 Å². The molecule has 10 nitrogen and oxygen atoms in total. The Bertz CT molecular complexity index is 1110. The van der Waals surface area contributed by atoms with E-state index in [0.717, 1.165) is 10.5 Å². The number of amides is 5. The Morgan fingerprint density at radius 1 is 1.19 bits per heavy atom. The number of thiophene rings is 1. The molecule has 3 atom stereocenters. The highest BCUT2D eigenvalue weighted by Crippen LogP contribution is 2.21. The molecule has 2 aromatic rings. The minimum absolute atomic E-state index is 0.142. The Morgan fingerprint density at radius 2 is 1.92 bits per heavy atom. The molecule has 36 heavy (non-hydrogen) atoms. The van der Waals surface area contributed by atoms with Crippen molar-refractivity contribution in [2.45, 2.75) is 44.8 Å². The zero-order chi connectivity index (χ0) is 26.2. The number of carbonyl (C=O) groups excluding carboxylic acids is 4. The van der Waals surface area contributed by atoms with Gasteiger partial charge in [0, 0.05) is 29.6 Å². The summed E-state index contributed by atoms with van der Waals surface area (Å²) in [6.45, 7) is 3.71. The molecule has 3 rings (SSSR count). The molecule has 1 fully saturated rings. The minimum atomic E-state index is -0.915. The van der Waals surface area contributed by atoms with Crippen molar-refractivity contribution in [1.82, 2.24) is 15.5 Å². The van der Waals surface area contributed by atoms with E-state index in [1.54, 1.807) is 45.2 Å². The van der Waals surface area contributed by atoms with Crippen molar-refractivity contribution in [3.8, 4) is 5.75 Å². The second kappa shape index (κ2) is 12.2. The normalized spacial score (nSPS) is 17.6. The number of methoxy groups -OCH3 is 1. The first kappa shape index (κ1) is 26.7. The molecule has 1 saturated heterocycles. The van der Waals surface area contributed by atoms with Crippen LogP contribution in [0.3, 0.4) is 0 Å². The second-order valence-electron chi connectivity index (χ2n) is 8.73. The number of urea groups is 1. The van der Waals surface area contributed by atoms with Gasteiger partial charge in [-0.25, -0.2) is 4.79 Å². The van der Waals surface area contributed by atoms with Crippen molar-refractivity contribution in [2.24, 2.45) is 5.73 Å². The molecule has 0 radical (unpaired) electrons. The highest BCUT2D eigenvalue weighted by Gasteiger charge is 2.40. The van der Waals surface area contributed by atoms with Gasteiger partial charge in [0.2, 0.25) is 17.7 Å². The van der Waals surface area contributed by atoms with Gasteiger partial charge in [0.1, 0.15) is 17.8 Å². The van der Waals surface area contributed by atoms with Crippen molar-refractivity contribution < 1.29 is 23.9 Å². The number of anilines is 1. The molecule has 2 heterocycles. The molecule has 1 aromatic carbocycles. The summed E-state index contributed by atoms with van der Waals surface area (Å²) >= 11 is 1.46. The van der Waals surface area contributed by atoms with E-state index in [4.69, 9.17) is 10.5 Å². The van der Waals surface area contributed by atoms with Crippen LogP contribution in [-0.4, -0.2) is 60.4 Å². The summed E-state index contributed by atoms with van der Waals surface area (Å²) in [7, 11) is 1.55. The number of carbonyl (C=O) groups is 4. The molecule has 1 aliphatic heterocycles. The average Bonchev–Trinajstić information content (AvgIpc) is 3.48. The van der Waals surface area contributed by atoms with E-state index < -0.39 is 36.0 Å². The zero-order valence-electron chi connectivity index (χ0n) is 20.4. The Kier molecular flexibility index (Phi) is 9.07. The number of benzene rings is 1. The van der Waals surface area contributed by atoms with Crippen LogP contribution in [0, 0.1) is 0 Å². The van der Waals surface area contributed by atoms with E-state index in [2.05, 4.69) is 16.0 Å². The molecule has 5 amide bonds. The largest absolute Gasteiger partial charge is 0.497 e. The maximum Gasteiger partial charge on any atom is 0.319 e. The third-order valence-corrected chi connectivity index (χ3v) is 6.53. The molecule has 1 aromatic heterocycles. The van der Waals surface area contributed by atoms with Crippen molar-refractivity contribution in [3.05, 3.63) is 58.3 Å². The molecular formula is C25H31N5O5S. The lowest BCUT2D eigenvalue weighted by Crippen LogP contribution is -2.52. The molecule has 0 spiro atoms. The van der Waals surface area contributed by atoms with Gasteiger partial charge in [-0.1, -0.05) is 11.6 Å². The first-order chi connectivity index (χ1) is 17.2. The highest BCUT2D eigenvalue weighted by atomic mass is 32.1. The smallest absolute Gasteiger partial charge is 0.319 e. The summed E-state index contributed by atoms with van der Waals surface area (Å²) in [4.78, 5) is 53.0. The van der Waals surface area contributed by atoms with Gasteiger partial charge < -0.3 is 31.3 Å². The fraction of sp³-hybridized carbons (Fsp3) is 0.360. The van der Waals surface area contributed by atoms with Gasteiger partial charge in [-0.05, 0) is 56.0 Å². The maximum atomic E-state index is 13.2. The molecule has 0 aliphatic carbocycles. The van der Waals surface area contributed by atoms with E-state index >= 15 is 0 Å². The van der Waals surface area contributed by atoms with E-state index in [-0.39, 0.29) is 25.3 Å². The first-order valence-electron chi connectivity index (χ1n) is 11.5. The van der Waals surface area contributed by atoms with Crippen molar-refractivity contribution in [1.29, 1.82) is 0 Å². The second-order valence-corrected chi connectivity index (χ2v) is 9.77. The molecule has 5 N–H and O–H groups in total. The summed E-state index contributed by atoms with van der Waals surface area (Å²) in [6, 6.07) is 7.82. The summed E-state index contributed by atoms with van der Waals surface area (Å²) in [6.07, 6.45) is 1.89. The lowest BCUT2D eigenvalue weighted by atomic mass is 10.1. The first-order valence-corrected chi connectivity index (χ1v) is 12.3.